The molecule has 2 aromatic carbocycles. The van der Waals surface area contributed by atoms with Crippen molar-refractivity contribution in [1.82, 2.24) is 10.2 Å². The molecule has 0 unspecified atom stereocenters. The number of hydrogen-bond donors (Lipinski definition) is 2. The van der Waals surface area contributed by atoms with Crippen LogP contribution in [0.5, 0.6) is 5.75 Å². The molecule has 2 aromatic rings. The van der Waals surface area contributed by atoms with Crippen molar-refractivity contribution in [1.29, 1.82) is 0 Å². The summed E-state index contributed by atoms with van der Waals surface area (Å²) in [7, 11) is 1.36. The summed E-state index contributed by atoms with van der Waals surface area (Å²) in [4.78, 5) is 50.7. The van der Waals surface area contributed by atoms with Crippen molar-refractivity contribution in [3.63, 3.8) is 0 Å². The van der Waals surface area contributed by atoms with Gasteiger partial charge in [-0.05, 0) is 43.4 Å². The third kappa shape index (κ3) is 3.33. The van der Waals surface area contributed by atoms with E-state index in [0.717, 1.165) is 34.9 Å². The molecule has 10 nitrogen and oxygen atoms in total. The Bertz CT molecular complexity index is 1130. The van der Waals surface area contributed by atoms with E-state index in [9.17, 15) is 24.5 Å². The van der Waals surface area contributed by atoms with Crippen molar-refractivity contribution in [3.8, 4) is 5.75 Å². The second kappa shape index (κ2) is 7.95. The monoisotopic (exact) mass is 438 g/mol. The average molecular weight is 438 g/mol. The van der Waals surface area contributed by atoms with Crippen LogP contribution in [0, 0.1) is 10.1 Å². The van der Waals surface area contributed by atoms with Gasteiger partial charge in [0.1, 0.15) is 17.3 Å². The first-order valence-electron chi connectivity index (χ1n) is 10.2. The maximum atomic E-state index is 13.5. The summed E-state index contributed by atoms with van der Waals surface area (Å²) in [6.07, 6.45) is 1.98. The van der Waals surface area contributed by atoms with Gasteiger partial charge in [-0.15, -0.1) is 0 Å². The summed E-state index contributed by atoms with van der Waals surface area (Å²) in [5.74, 6) is -0.942. The lowest BCUT2D eigenvalue weighted by Crippen LogP contribution is -2.49. The van der Waals surface area contributed by atoms with Gasteiger partial charge in [-0.1, -0.05) is 24.3 Å². The number of aryl methyl sites for hydroxylation is 1. The second-order valence-corrected chi connectivity index (χ2v) is 7.83. The highest BCUT2D eigenvalue weighted by atomic mass is 16.6. The Morgan fingerprint density at radius 1 is 1.28 bits per heavy atom. The van der Waals surface area contributed by atoms with E-state index in [1.807, 2.05) is 24.3 Å². The number of nitrogens with one attached hydrogen (secondary N) is 2. The molecule has 0 aromatic heterocycles. The van der Waals surface area contributed by atoms with Crippen LogP contribution >= 0.6 is 0 Å². The number of urea groups is 1. The largest absolute Gasteiger partial charge is 0.495 e. The number of nitro benzene ring substituents is 1. The van der Waals surface area contributed by atoms with Crippen molar-refractivity contribution in [2.45, 2.75) is 37.8 Å². The van der Waals surface area contributed by atoms with E-state index in [4.69, 9.17) is 4.74 Å². The van der Waals surface area contributed by atoms with Crippen molar-refractivity contribution >= 4 is 29.2 Å². The van der Waals surface area contributed by atoms with Gasteiger partial charge in [0, 0.05) is 12.1 Å². The lowest BCUT2D eigenvalue weighted by Gasteiger charge is -2.33. The second-order valence-electron chi connectivity index (χ2n) is 7.83. The SMILES string of the molecule is COc1ccc([N+](=O)[O-])cc1NC(=O)[C@H](C)N1C(=O)N[C@]2(CCCc3ccccc32)C1=O. The third-order valence-electron chi connectivity index (χ3n) is 6.02. The first-order valence-corrected chi connectivity index (χ1v) is 10.2. The number of anilines is 1. The number of fused-ring (bicyclic) bond motifs is 2. The first kappa shape index (κ1) is 21.3. The number of ether oxygens (including phenoxy) is 1. The predicted octanol–water partition coefficient (Wildman–Crippen LogP) is 2.71. The van der Waals surface area contributed by atoms with Gasteiger partial charge >= 0.3 is 6.03 Å². The topological polar surface area (TPSA) is 131 Å². The number of hydrogen-bond acceptors (Lipinski definition) is 6. The van der Waals surface area contributed by atoms with Gasteiger partial charge in [0.25, 0.3) is 11.6 Å². The highest BCUT2D eigenvalue weighted by Crippen LogP contribution is 2.40. The van der Waals surface area contributed by atoms with Crippen LogP contribution in [0.15, 0.2) is 42.5 Å². The van der Waals surface area contributed by atoms with E-state index < -0.39 is 34.3 Å². The van der Waals surface area contributed by atoms with Gasteiger partial charge in [-0.25, -0.2) is 9.69 Å². The normalized spacial score (nSPS) is 20.5. The molecule has 32 heavy (non-hydrogen) atoms. The van der Waals surface area contributed by atoms with Crippen LogP contribution in [0.3, 0.4) is 0 Å². The highest BCUT2D eigenvalue weighted by Gasteiger charge is 2.55. The fourth-order valence-electron chi connectivity index (χ4n) is 4.39. The van der Waals surface area contributed by atoms with Crippen LogP contribution in [0.1, 0.15) is 30.9 Å². The van der Waals surface area contributed by atoms with Crippen molar-refractivity contribution in [2.75, 3.05) is 12.4 Å². The molecule has 1 saturated heterocycles. The van der Waals surface area contributed by atoms with E-state index in [1.165, 1.54) is 26.2 Å². The quantitative estimate of drug-likeness (QED) is 0.419. The molecule has 10 heteroatoms. The zero-order chi connectivity index (χ0) is 23.0. The standard InChI is InChI=1S/C22H22N4O6/c1-13(19(27)23-17-12-15(26(30)31)9-10-18(17)32-2)25-20(28)22(24-21(25)29)11-5-7-14-6-3-4-8-16(14)22/h3-4,6,8-10,12-13H,5,7,11H2,1-2H3,(H,23,27)(H,24,29)/t13-,22-/m0/s1. The molecule has 0 saturated carbocycles. The van der Waals surface area contributed by atoms with Crippen LogP contribution in [0.2, 0.25) is 0 Å². The molecule has 4 rings (SSSR count). The summed E-state index contributed by atoms with van der Waals surface area (Å²) in [5, 5.41) is 16.4. The Morgan fingerprint density at radius 3 is 2.75 bits per heavy atom. The molecular weight excluding hydrogens is 416 g/mol. The number of methoxy groups -OCH3 is 1. The van der Waals surface area contributed by atoms with E-state index in [1.54, 1.807) is 0 Å². The lowest BCUT2D eigenvalue weighted by atomic mass is 9.76. The summed E-state index contributed by atoms with van der Waals surface area (Å²) in [6.45, 7) is 1.43. The van der Waals surface area contributed by atoms with Crippen LogP contribution in [0.25, 0.3) is 0 Å². The zero-order valence-corrected chi connectivity index (χ0v) is 17.6. The van der Waals surface area contributed by atoms with Crippen molar-refractivity contribution in [3.05, 3.63) is 63.7 Å². The fraction of sp³-hybridized carbons (Fsp3) is 0.318. The molecular formula is C22H22N4O6. The fourth-order valence-corrected chi connectivity index (χ4v) is 4.39. The lowest BCUT2D eigenvalue weighted by molar-refractivity contribution is -0.384. The van der Waals surface area contributed by atoms with Gasteiger partial charge in [0.15, 0.2) is 0 Å². The minimum atomic E-state index is -1.19. The minimum Gasteiger partial charge on any atom is -0.495 e. The minimum absolute atomic E-state index is 0.0725. The smallest absolute Gasteiger partial charge is 0.326 e. The number of amides is 4. The third-order valence-corrected chi connectivity index (χ3v) is 6.02. The number of nitro groups is 1. The predicted molar refractivity (Wildman–Crippen MR) is 114 cm³/mol. The first-order chi connectivity index (χ1) is 15.3. The molecule has 1 aliphatic heterocycles. The number of non-ortho nitro benzene ring substituents is 1. The van der Waals surface area contributed by atoms with Crippen LogP contribution in [-0.4, -0.2) is 40.8 Å². The Morgan fingerprint density at radius 2 is 2.03 bits per heavy atom. The van der Waals surface area contributed by atoms with Crippen molar-refractivity contribution < 1.29 is 24.0 Å². The van der Waals surface area contributed by atoms with Crippen LogP contribution in [-0.2, 0) is 21.5 Å². The number of nitrogens with zero attached hydrogens (tertiary/aromatic N) is 2. The number of carbonyl (C=O) groups excluding carboxylic acids is 3. The van der Waals surface area contributed by atoms with E-state index in [-0.39, 0.29) is 17.1 Å². The number of benzene rings is 2. The molecule has 2 aliphatic rings. The van der Waals surface area contributed by atoms with Gasteiger partial charge in [0.2, 0.25) is 5.91 Å². The van der Waals surface area contributed by atoms with E-state index in [0.29, 0.717) is 6.42 Å². The molecule has 0 radical (unpaired) electrons. The molecule has 1 fully saturated rings. The molecule has 2 N–H and O–H groups in total. The summed E-state index contributed by atoms with van der Waals surface area (Å²) in [6, 6.07) is 9.43. The summed E-state index contributed by atoms with van der Waals surface area (Å²) in [5.41, 5.74) is 0.390. The van der Waals surface area contributed by atoms with Crippen molar-refractivity contribution in [2.24, 2.45) is 0 Å². The molecule has 2 atom stereocenters. The van der Waals surface area contributed by atoms with E-state index >= 15 is 0 Å². The number of imide groups is 1. The van der Waals surface area contributed by atoms with Crippen LogP contribution < -0.4 is 15.4 Å². The van der Waals surface area contributed by atoms with Gasteiger partial charge in [0.05, 0.1) is 17.7 Å². The van der Waals surface area contributed by atoms with Gasteiger partial charge in [-0.2, -0.15) is 0 Å². The van der Waals surface area contributed by atoms with Crippen LogP contribution in [0.4, 0.5) is 16.2 Å². The number of carbonyl (C=O) groups is 3. The molecule has 1 spiro atoms. The zero-order valence-electron chi connectivity index (χ0n) is 17.6. The average Bonchev–Trinajstić information content (AvgIpc) is 3.03. The maximum Gasteiger partial charge on any atom is 0.326 e. The Hall–Kier alpha value is -3.95. The summed E-state index contributed by atoms with van der Waals surface area (Å²) >= 11 is 0. The molecule has 166 valence electrons. The highest BCUT2D eigenvalue weighted by molar-refractivity contribution is 6.11. The molecule has 1 aliphatic carbocycles. The Balaban J connectivity index is 1.61. The summed E-state index contributed by atoms with van der Waals surface area (Å²) < 4.78 is 5.16. The maximum absolute atomic E-state index is 13.5. The molecule has 0 bridgehead atoms. The Kier molecular flexibility index (Phi) is 5.29. The van der Waals surface area contributed by atoms with E-state index in [2.05, 4.69) is 10.6 Å². The molecule has 1 heterocycles. The van der Waals surface area contributed by atoms with Gasteiger partial charge < -0.3 is 15.4 Å². The molecule has 4 amide bonds. The Labute approximate surface area is 183 Å². The van der Waals surface area contributed by atoms with Gasteiger partial charge in [-0.3, -0.25) is 19.7 Å². The number of rotatable bonds is 5.